The molecule has 0 unspecified atom stereocenters. The lowest BCUT2D eigenvalue weighted by Gasteiger charge is -2.04. The second kappa shape index (κ2) is 5.54. The lowest BCUT2D eigenvalue weighted by Crippen LogP contribution is -2.10. The lowest BCUT2D eigenvalue weighted by atomic mass is 10.2. The van der Waals surface area contributed by atoms with Crippen molar-refractivity contribution in [1.29, 1.82) is 0 Å². The van der Waals surface area contributed by atoms with E-state index in [4.69, 9.17) is 5.11 Å². The summed E-state index contributed by atoms with van der Waals surface area (Å²) in [7, 11) is -3.45. The summed E-state index contributed by atoms with van der Waals surface area (Å²) in [6, 6.07) is 9.20. The maximum Gasteiger partial charge on any atom is 0.335 e. The van der Waals surface area contributed by atoms with Crippen molar-refractivity contribution in [2.24, 2.45) is 0 Å². The molecular weight excluding hydrogens is 284 g/mol. The first-order valence-electron chi connectivity index (χ1n) is 5.57. The number of aromatic carboxylic acids is 1. The van der Waals surface area contributed by atoms with Gasteiger partial charge in [-0.05, 0) is 36.1 Å². The van der Waals surface area contributed by atoms with E-state index in [0.717, 1.165) is 4.88 Å². The molecule has 2 aromatic rings. The van der Waals surface area contributed by atoms with Gasteiger partial charge in [-0.2, -0.15) is 0 Å². The van der Waals surface area contributed by atoms with Crippen LogP contribution in [0.4, 0.5) is 0 Å². The molecule has 0 aliphatic heterocycles. The number of rotatable bonds is 5. The van der Waals surface area contributed by atoms with E-state index in [-0.39, 0.29) is 16.2 Å². The van der Waals surface area contributed by atoms with E-state index >= 15 is 0 Å². The van der Waals surface area contributed by atoms with Crippen molar-refractivity contribution in [2.45, 2.75) is 11.3 Å². The van der Waals surface area contributed by atoms with Gasteiger partial charge >= 0.3 is 5.97 Å². The number of thiophene rings is 1. The SMILES string of the molecule is O=C(O)c1cccc(S(=O)(=O)CCc2cccs2)c1. The predicted octanol–water partition coefficient (Wildman–Crippen LogP) is 2.46. The van der Waals surface area contributed by atoms with Gasteiger partial charge in [-0.25, -0.2) is 13.2 Å². The minimum Gasteiger partial charge on any atom is -0.478 e. The molecule has 0 spiro atoms. The third-order valence-corrected chi connectivity index (χ3v) is 5.29. The summed E-state index contributed by atoms with van der Waals surface area (Å²) in [5, 5.41) is 10.8. The van der Waals surface area contributed by atoms with Crippen molar-refractivity contribution >= 4 is 27.1 Å². The third-order valence-electron chi connectivity index (χ3n) is 2.64. The zero-order valence-corrected chi connectivity index (χ0v) is 11.6. The topological polar surface area (TPSA) is 71.4 Å². The smallest absolute Gasteiger partial charge is 0.335 e. The van der Waals surface area contributed by atoms with Crippen LogP contribution in [0, 0.1) is 0 Å². The van der Waals surface area contributed by atoms with Gasteiger partial charge in [0.05, 0.1) is 16.2 Å². The molecule has 0 aliphatic rings. The number of sulfone groups is 1. The monoisotopic (exact) mass is 296 g/mol. The van der Waals surface area contributed by atoms with Gasteiger partial charge in [-0.3, -0.25) is 0 Å². The van der Waals surface area contributed by atoms with Crippen molar-refractivity contribution < 1.29 is 18.3 Å². The maximum atomic E-state index is 12.1. The number of aryl methyl sites for hydroxylation is 1. The van der Waals surface area contributed by atoms with Crippen LogP contribution in [0.3, 0.4) is 0 Å². The van der Waals surface area contributed by atoms with E-state index < -0.39 is 15.8 Å². The van der Waals surface area contributed by atoms with Crippen molar-refractivity contribution in [2.75, 3.05) is 5.75 Å². The number of carboxylic acids is 1. The highest BCUT2D eigenvalue weighted by molar-refractivity contribution is 7.91. The fourth-order valence-corrected chi connectivity index (χ4v) is 3.79. The number of hydrogen-bond donors (Lipinski definition) is 1. The Bertz CT molecular complexity index is 672. The number of carbonyl (C=O) groups is 1. The van der Waals surface area contributed by atoms with E-state index in [9.17, 15) is 13.2 Å². The van der Waals surface area contributed by atoms with Gasteiger partial charge in [0.15, 0.2) is 9.84 Å². The Balaban J connectivity index is 2.19. The minimum absolute atomic E-state index is 0.0165. The zero-order chi connectivity index (χ0) is 13.9. The number of hydrogen-bond acceptors (Lipinski definition) is 4. The number of carboxylic acid groups (broad SMARTS) is 1. The average molecular weight is 296 g/mol. The predicted molar refractivity (Wildman–Crippen MR) is 73.5 cm³/mol. The first kappa shape index (κ1) is 13.8. The van der Waals surface area contributed by atoms with Crippen molar-refractivity contribution in [3.05, 3.63) is 52.2 Å². The largest absolute Gasteiger partial charge is 0.478 e. The minimum atomic E-state index is -3.45. The molecule has 0 saturated heterocycles. The summed E-state index contributed by atoms with van der Waals surface area (Å²) in [6.45, 7) is 0. The molecule has 0 radical (unpaired) electrons. The van der Waals surface area contributed by atoms with Crippen molar-refractivity contribution in [3.63, 3.8) is 0 Å². The summed E-state index contributed by atoms with van der Waals surface area (Å²) < 4.78 is 24.2. The summed E-state index contributed by atoms with van der Waals surface area (Å²) >= 11 is 1.51. The molecule has 6 heteroatoms. The highest BCUT2D eigenvalue weighted by Gasteiger charge is 2.16. The molecule has 2 rings (SSSR count). The first-order chi connectivity index (χ1) is 8.99. The van der Waals surface area contributed by atoms with Gasteiger partial charge in [0.25, 0.3) is 0 Å². The Morgan fingerprint density at radius 2 is 2.00 bits per heavy atom. The molecule has 0 bridgehead atoms. The summed E-state index contributed by atoms with van der Waals surface area (Å²) in [6.07, 6.45) is 0.442. The molecule has 100 valence electrons. The Labute approximate surface area is 115 Å². The van der Waals surface area contributed by atoms with Crippen LogP contribution in [0.25, 0.3) is 0 Å². The molecule has 1 N–H and O–H groups in total. The Hall–Kier alpha value is -1.66. The maximum absolute atomic E-state index is 12.1. The van der Waals surface area contributed by atoms with Crippen LogP contribution in [-0.4, -0.2) is 25.2 Å². The molecule has 0 saturated carbocycles. The van der Waals surface area contributed by atoms with Crippen LogP contribution >= 0.6 is 11.3 Å². The highest BCUT2D eigenvalue weighted by Crippen LogP contribution is 2.16. The number of benzene rings is 1. The van der Waals surface area contributed by atoms with Gasteiger partial charge in [-0.15, -0.1) is 11.3 Å². The molecule has 1 aromatic heterocycles. The van der Waals surface area contributed by atoms with Crippen LogP contribution < -0.4 is 0 Å². The van der Waals surface area contributed by atoms with Gasteiger partial charge in [0, 0.05) is 4.88 Å². The van der Waals surface area contributed by atoms with Crippen LogP contribution in [-0.2, 0) is 16.3 Å². The lowest BCUT2D eigenvalue weighted by molar-refractivity contribution is 0.0696. The fourth-order valence-electron chi connectivity index (χ4n) is 1.63. The summed E-state index contributed by atoms with van der Waals surface area (Å²) in [5.74, 6) is -1.15. The third kappa shape index (κ3) is 3.42. The van der Waals surface area contributed by atoms with Gasteiger partial charge in [0.1, 0.15) is 0 Å². The molecule has 0 amide bonds. The highest BCUT2D eigenvalue weighted by atomic mass is 32.2. The normalized spacial score (nSPS) is 11.4. The van der Waals surface area contributed by atoms with E-state index in [1.54, 1.807) is 0 Å². The zero-order valence-electron chi connectivity index (χ0n) is 9.94. The molecule has 0 aliphatic carbocycles. The second-order valence-corrected chi connectivity index (χ2v) is 7.12. The van der Waals surface area contributed by atoms with Gasteiger partial charge < -0.3 is 5.11 Å². The fraction of sp³-hybridized carbons (Fsp3) is 0.154. The van der Waals surface area contributed by atoms with Crippen LogP contribution in [0.1, 0.15) is 15.2 Å². The molecular formula is C13H12O4S2. The average Bonchev–Trinajstić information content (AvgIpc) is 2.90. The van der Waals surface area contributed by atoms with Crippen LogP contribution in [0.2, 0.25) is 0 Å². The molecule has 4 nitrogen and oxygen atoms in total. The molecule has 19 heavy (non-hydrogen) atoms. The summed E-state index contributed by atoms with van der Waals surface area (Å²) in [4.78, 5) is 11.9. The van der Waals surface area contributed by atoms with E-state index in [1.807, 2.05) is 17.5 Å². The van der Waals surface area contributed by atoms with E-state index in [2.05, 4.69) is 0 Å². The summed E-state index contributed by atoms with van der Waals surface area (Å²) in [5.41, 5.74) is -0.0165. The van der Waals surface area contributed by atoms with Crippen LogP contribution in [0.15, 0.2) is 46.7 Å². The van der Waals surface area contributed by atoms with Gasteiger partial charge in [0.2, 0.25) is 0 Å². The standard InChI is InChI=1S/C13H12O4S2/c14-13(15)10-3-1-5-12(9-10)19(16,17)8-6-11-4-2-7-18-11/h1-5,7,9H,6,8H2,(H,14,15). The quantitative estimate of drug-likeness (QED) is 0.920. The van der Waals surface area contributed by atoms with E-state index in [1.165, 1.54) is 35.6 Å². The Morgan fingerprint density at radius 1 is 1.21 bits per heavy atom. The van der Waals surface area contributed by atoms with Crippen molar-refractivity contribution in [1.82, 2.24) is 0 Å². The Morgan fingerprint density at radius 3 is 2.63 bits per heavy atom. The van der Waals surface area contributed by atoms with E-state index in [0.29, 0.717) is 6.42 Å². The molecule has 0 fully saturated rings. The molecule has 1 heterocycles. The molecule has 0 atom stereocenters. The Kier molecular flexibility index (Phi) is 4.01. The van der Waals surface area contributed by atoms with Crippen LogP contribution in [0.5, 0.6) is 0 Å². The second-order valence-electron chi connectivity index (χ2n) is 3.98. The van der Waals surface area contributed by atoms with Gasteiger partial charge in [-0.1, -0.05) is 12.1 Å². The first-order valence-corrected chi connectivity index (χ1v) is 8.11. The molecule has 1 aromatic carbocycles. The van der Waals surface area contributed by atoms with Crippen molar-refractivity contribution in [3.8, 4) is 0 Å².